The molecule has 1 aromatic heterocycles. The Balaban J connectivity index is 1.78. The summed E-state index contributed by atoms with van der Waals surface area (Å²) in [6, 6.07) is 3.84. The van der Waals surface area contributed by atoms with Gasteiger partial charge in [0.2, 0.25) is 0 Å². The molecule has 2 aromatic rings. The number of hydrogen-bond acceptors (Lipinski definition) is 5. The van der Waals surface area contributed by atoms with Crippen molar-refractivity contribution in [3.05, 3.63) is 70.4 Å². The van der Waals surface area contributed by atoms with Crippen molar-refractivity contribution in [2.45, 2.75) is 39.8 Å². The second kappa shape index (κ2) is 9.71. The van der Waals surface area contributed by atoms with Gasteiger partial charge in [-0.25, -0.2) is 0 Å². The monoisotopic (exact) mass is 398 g/mol. The predicted molar refractivity (Wildman–Crippen MR) is 115 cm³/mol. The van der Waals surface area contributed by atoms with Crippen molar-refractivity contribution in [1.29, 1.82) is 0 Å². The first kappa shape index (κ1) is 20.4. The Morgan fingerprint density at radius 1 is 1.25 bits per heavy atom. The van der Waals surface area contributed by atoms with Gasteiger partial charge < -0.3 is 15.4 Å². The number of rotatable bonds is 8. The Morgan fingerprint density at radius 3 is 2.57 bits per heavy atom. The Labute approximate surface area is 171 Å². The van der Waals surface area contributed by atoms with Crippen molar-refractivity contribution >= 4 is 22.6 Å². The molecule has 0 aliphatic carbocycles. The van der Waals surface area contributed by atoms with E-state index in [9.17, 15) is 0 Å². The van der Waals surface area contributed by atoms with Gasteiger partial charge in [0.15, 0.2) is 0 Å². The van der Waals surface area contributed by atoms with Crippen LogP contribution in [0.5, 0.6) is 0 Å². The molecule has 2 N–H and O–H groups in total. The van der Waals surface area contributed by atoms with E-state index in [0.29, 0.717) is 11.6 Å². The average molecular weight is 399 g/mol. The molecule has 6 heteroatoms. The van der Waals surface area contributed by atoms with Gasteiger partial charge in [-0.2, -0.15) is 0 Å². The van der Waals surface area contributed by atoms with E-state index in [1.807, 2.05) is 31.2 Å². The van der Waals surface area contributed by atoms with Gasteiger partial charge >= 0.3 is 0 Å². The minimum Gasteiger partial charge on any atom is -0.486 e. The highest BCUT2D eigenvalue weighted by Gasteiger charge is 2.20. The Bertz CT molecular complexity index is 916. The number of fused-ring (bicyclic) bond motifs is 1. The summed E-state index contributed by atoms with van der Waals surface area (Å²) in [5.74, 6) is 0.846. The van der Waals surface area contributed by atoms with Crippen molar-refractivity contribution in [2.24, 2.45) is 0 Å². The van der Waals surface area contributed by atoms with Crippen LogP contribution in [0.15, 0.2) is 59.8 Å². The lowest BCUT2D eigenvalue weighted by atomic mass is 10.1. The number of ether oxygens (including phenoxy) is 1. The second-order valence-electron chi connectivity index (χ2n) is 6.84. The Hall–Kier alpha value is -2.37. The van der Waals surface area contributed by atoms with Crippen LogP contribution in [0.3, 0.4) is 0 Å². The summed E-state index contributed by atoms with van der Waals surface area (Å²) in [6.07, 6.45) is 10.8. The zero-order valence-electron chi connectivity index (χ0n) is 16.6. The number of hydrogen-bond donors (Lipinski definition) is 2. The molecule has 1 saturated heterocycles. The predicted octanol–water partition coefficient (Wildman–Crippen LogP) is 4.51. The molecule has 0 spiro atoms. The highest BCUT2D eigenvalue weighted by Crippen LogP contribution is 2.23. The molecular weight excluding hydrogens is 372 g/mol. The van der Waals surface area contributed by atoms with Crippen LogP contribution in [-0.4, -0.2) is 29.2 Å². The molecule has 1 aliphatic heterocycles. The molecule has 1 fully saturated rings. The van der Waals surface area contributed by atoms with Crippen molar-refractivity contribution in [2.75, 3.05) is 13.1 Å². The van der Waals surface area contributed by atoms with Crippen LogP contribution in [0.2, 0.25) is 5.02 Å². The van der Waals surface area contributed by atoms with E-state index in [4.69, 9.17) is 16.3 Å². The molecule has 2 heterocycles. The topological polar surface area (TPSA) is 59.1 Å². The molecule has 0 unspecified atom stereocenters. The number of aromatic nitrogens is 2. The zero-order chi connectivity index (χ0) is 19.9. The maximum absolute atomic E-state index is 6.46. The maximum atomic E-state index is 6.46. The lowest BCUT2D eigenvalue weighted by molar-refractivity contribution is 0.0746. The SMILES string of the molecule is C\C=C(NCc1cc2nccnc2cc1Cl)/C(=C\C=C(/C)CC)OC1CNC1. The van der Waals surface area contributed by atoms with Crippen LogP contribution in [0, 0.1) is 0 Å². The number of benzene rings is 1. The van der Waals surface area contributed by atoms with Crippen molar-refractivity contribution < 1.29 is 4.74 Å². The molecule has 0 saturated carbocycles. The summed E-state index contributed by atoms with van der Waals surface area (Å²) in [7, 11) is 0. The molecular formula is C22H27ClN4O. The third kappa shape index (κ3) is 5.12. The number of allylic oxidation sites excluding steroid dienone is 4. The normalized spacial score (nSPS) is 16.2. The molecule has 3 rings (SSSR count). The van der Waals surface area contributed by atoms with Gasteiger partial charge in [-0.3, -0.25) is 9.97 Å². The van der Waals surface area contributed by atoms with Crippen LogP contribution in [0.1, 0.15) is 32.8 Å². The van der Waals surface area contributed by atoms with Gasteiger partial charge in [-0.1, -0.05) is 36.2 Å². The van der Waals surface area contributed by atoms with Crippen LogP contribution in [-0.2, 0) is 11.3 Å². The third-order valence-corrected chi connectivity index (χ3v) is 5.13. The number of halogens is 1. The Kier molecular flexibility index (Phi) is 7.06. The number of nitrogens with zero attached hydrogens (tertiary/aromatic N) is 2. The van der Waals surface area contributed by atoms with Crippen LogP contribution in [0.25, 0.3) is 11.0 Å². The molecule has 5 nitrogen and oxygen atoms in total. The van der Waals surface area contributed by atoms with Crippen molar-refractivity contribution in [3.63, 3.8) is 0 Å². The van der Waals surface area contributed by atoms with E-state index >= 15 is 0 Å². The highest BCUT2D eigenvalue weighted by atomic mass is 35.5. The fourth-order valence-electron chi connectivity index (χ4n) is 2.74. The van der Waals surface area contributed by atoms with E-state index in [1.54, 1.807) is 12.4 Å². The van der Waals surface area contributed by atoms with Crippen LogP contribution in [0.4, 0.5) is 0 Å². The molecule has 0 amide bonds. The van der Waals surface area contributed by atoms with Crippen LogP contribution < -0.4 is 10.6 Å². The molecule has 0 atom stereocenters. The Morgan fingerprint density at radius 2 is 1.96 bits per heavy atom. The van der Waals surface area contributed by atoms with E-state index < -0.39 is 0 Å². The molecule has 148 valence electrons. The second-order valence-corrected chi connectivity index (χ2v) is 7.25. The lowest BCUT2D eigenvalue weighted by Gasteiger charge is -2.30. The third-order valence-electron chi connectivity index (χ3n) is 4.78. The van der Waals surface area contributed by atoms with Gasteiger partial charge in [-0.05, 0) is 44.0 Å². The summed E-state index contributed by atoms with van der Waals surface area (Å²) in [4.78, 5) is 8.67. The first-order chi connectivity index (χ1) is 13.6. The fraction of sp³-hybridized carbons (Fsp3) is 0.364. The van der Waals surface area contributed by atoms with Gasteiger partial charge in [0.25, 0.3) is 0 Å². The molecule has 1 aliphatic rings. The quantitative estimate of drug-likeness (QED) is 0.506. The van der Waals surface area contributed by atoms with Crippen molar-refractivity contribution in [3.8, 4) is 0 Å². The van der Waals surface area contributed by atoms with Gasteiger partial charge in [0.1, 0.15) is 11.9 Å². The summed E-state index contributed by atoms with van der Waals surface area (Å²) in [6.45, 7) is 8.60. The van der Waals surface area contributed by atoms with Gasteiger partial charge in [0.05, 0.1) is 16.7 Å². The summed E-state index contributed by atoms with van der Waals surface area (Å²) in [5.41, 5.74) is 4.85. The molecule has 28 heavy (non-hydrogen) atoms. The van der Waals surface area contributed by atoms with E-state index in [-0.39, 0.29) is 6.10 Å². The fourth-order valence-corrected chi connectivity index (χ4v) is 2.96. The first-order valence-corrected chi connectivity index (χ1v) is 10.0. The number of nitrogens with one attached hydrogen (secondary N) is 2. The molecule has 0 bridgehead atoms. The summed E-state index contributed by atoms with van der Waals surface area (Å²) >= 11 is 6.46. The largest absolute Gasteiger partial charge is 0.486 e. The smallest absolute Gasteiger partial charge is 0.142 e. The lowest BCUT2D eigenvalue weighted by Crippen LogP contribution is -2.48. The van der Waals surface area contributed by atoms with Crippen molar-refractivity contribution in [1.82, 2.24) is 20.6 Å². The maximum Gasteiger partial charge on any atom is 0.142 e. The van der Waals surface area contributed by atoms with E-state index in [2.05, 4.69) is 40.5 Å². The van der Waals surface area contributed by atoms with E-state index in [1.165, 1.54) is 5.57 Å². The zero-order valence-corrected chi connectivity index (χ0v) is 17.4. The standard InChI is InChI=1S/C22H27ClN4O/c1-4-15(3)6-7-22(28-17-13-24-14-17)19(5-2)27-12-16-10-20-21(11-18(16)23)26-9-8-25-20/h5-11,17,24,27H,4,12-14H2,1-3H3/b15-6+,19-5+,22-7+. The molecule has 0 radical (unpaired) electrons. The van der Waals surface area contributed by atoms with Crippen LogP contribution >= 0.6 is 11.6 Å². The average Bonchev–Trinajstić information content (AvgIpc) is 2.68. The van der Waals surface area contributed by atoms with Gasteiger partial charge in [-0.15, -0.1) is 0 Å². The van der Waals surface area contributed by atoms with E-state index in [0.717, 1.165) is 47.6 Å². The summed E-state index contributed by atoms with van der Waals surface area (Å²) < 4.78 is 6.19. The molecule has 1 aromatic carbocycles. The minimum atomic E-state index is 0.206. The highest BCUT2D eigenvalue weighted by molar-refractivity contribution is 6.32. The summed E-state index contributed by atoms with van der Waals surface area (Å²) in [5, 5.41) is 7.39. The first-order valence-electron chi connectivity index (χ1n) is 9.65. The minimum absolute atomic E-state index is 0.206. The van der Waals surface area contributed by atoms with Gasteiger partial charge in [0, 0.05) is 37.1 Å².